The van der Waals surface area contributed by atoms with Crippen molar-refractivity contribution < 1.29 is 14.3 Å². The average Bonchev–Trinajstić information content (AvgIpc) is 2.92. The van der Waals surface area contributed by atoms with Crippen LogP contribution in [0.2, 0.25) is 0 Å². The SMILES string of the molecule is COCC(CCCNC(=O)OC(C)(C)C)NCc1ncc[nH]1. The number of amides is 1. The van der Waals surface area contributed by atoms with Gasteiger partial charge in [0.1, 0.15) is 11.4 Å². The Kier molecular flexibility index (Phi) is 7.90. The van der Waals surface area contributed by atoms with Gasteiger partial charge in [0.15, 0.2) is 0 Å². The van der Waals surface area contributed by atoms with Gasteiger partial charge in [-0.2, -0.15) is 0 Å². The molecule has 0 aliphatic heterocycles. The molecule has 0 saturated carbocycles. The van der Waals surface area contributed by atoms with E-state index in [0.29, 0.717) is 19.7 Å². The number of nitrogens with zero attached hydrogens (tertiary/aromatic N) is 1. The van der Waals surface area contributed by atoms with E-state index in [-0.39, 0.29) is 12.1 Å². The predicted octanol–water partition coefficient (Wildman–Crippen LogP) is 1.82. The van der Waals surface area contributed by atoms with Crippen LogP contribution in [0.1, 0.15) is 39.4 Å². The molecule has 3 N–H and O–H groups in total. The Balaban J connectivity index is 2.19. The first-order valence-corrected chi connectivity index (χ1v) is 7.58. The number of carbonyl (C=O) groups is 1. The highest BCUT2D eigenvalue weighted by atomic mass is 16.6. The minimum absolute atomic E-state index is 0.218. The van der Waals surface area contributed by atoms with Crippen LogP contribution in [0.4, 0.5) is 4.79 Å². The zero-order chi connectivity index (χ0) is 16.4. The Bertz CT molecular complexity index is 415. The third kappa shape index (κ3) is 8.63. The first-order valence-electron chi connectivity index (χ1n) is 7.58. The van der Waals surface area contributed by atoms with Gasteiger partial charge in [-0.15, -0.1) is 0 Å². The van der Waals surface area contributed by atoms with Crippen LogP contribution in [0.5, 0.6) is 0 Å². The Hall–Kier alpha value is -1.60. The molecule has 7 nitrogen and oxygen atoms in total. The molecule has 0 aromatic carbocycles. The number of methoxy groups -OCH3 is 1. The molecule has 1 atom stereocenters. The van der Waals surface area contributed by atoms with Gasteiger partial charge in [0.05, 0.1) is 13.2 Å². The van der Waals surface area contributed by atoms with E-state index >= 15 is 0 Å². The van der Waals surface area contributed by atoms with Crippen LogP contribution in [-0.2, 0) is 16.0 Å². The van der Waals surface area contributed by atoms with Crippen LogP contribution in [0.15, 0.2) is 12.4 Å². The lowest BCUT2D eigenvalue weighted by Gasteiger charge is -2.20. The molecule has 0 spiro atoms. The maximum Gasteiger partial charge on any atom is 0.407 e. The standard InChI is InChI=1S/C15H28N4O3/c1-15(2,3)22-14(20)18-7-5-6-12(11-21-4)19-10-13-16-8-9-17-13/h8-9,12,19H,5-7,10-11H2,1-4H3,(H,16,17)(H,18,20). The van der Waals surface area contributed by atoms with Crippen molar-refractivity contribution in [2.45, 2.75) is 51.8 Å². The Morgan fingerprint density at radius 2 is 2.23 bits per heavy atom. The molecule has 7 heteroatoms. The number of carbonyl (C=O) groups excluding carboxylic acids is 1. The number of H-pyrrole nitrogens is 1. The average molecular weight is 312 g/mol. The third-order valence-corrected chi connectivity index (χ3v) is 2.88. The van der Waals surface area contributed by atoms with Gasteiger partial charge < -0.3 is 25.1 Å². The molecule has 0 bridgehead atoms. The van der Waals surface area contributed by atoms with Crippen molar-refractivity contribution in [2.75, 3.05) is 20.3 Å². The smallest absolute Gasteiger partial charge is 0.407 e. The van der Waals surface area contributed by atoms with Crippen molar-refractivity contribution >= 4 is 6.09 Å². The molecule has 1 amide bonds. The molecule has 1 aromatic rings. The van der Waals surface area contributed by atoms with E-state index in [1.165, 1.54) is 0 Å². The minimum atomic E-state index is -0.465. The van der Waals surface area contributed by atoms with Gasteiger partial charge in [-0.25, -0.2) is 9.78 Å². The Labute approximate surface area is 132 Å². The molecule has 0 aliphatic carbocycles. The summed E-state index contributed by atoms with van der Waals surface area (Å²) in [5.74, 6) is 0.896. The van der Waals surface area contributed by atoms with Crippen LogP contribution >= 0.6 is 0 Å². The fourth-order valence-corrected chi connectivity index (χ4v) is 1.93. The lowest BCUT2D eigenvalue weighted by molar-refractivity contribution is 0.0526. The van der Waals surface area contributed by atoms with Gasteiger partial charge in [-0.1, -0.05) is 0 Å². The number of imidazole rings is 1. The Morgan fingerprint density at radius 1 is 1.45 bits per heavy atom. The second-order valence-electron chi connectivity index (χ2n) is 6.14. The van der Waals surface area contributed by atoms with Crippen LogP contribution in [-0.4, -0.2) is 48.0 Å². The highest BCUT2D eigenvalue weighted by molar-refractivity contribution is 5.67. The highest BCUT2D eigenvalue weighted by Gasteiger charge is 2.15. The van der Waals surface area contributed by atoms with E-state index < -0.39 is 5.60 Å². The summed E-state index contributed by atoms with van der Waals surface area (Å²) < 4.78 is 10.4. The largest absolute Gasteiger partial charge is 0.444 e. The summed E-state index contributed by atoms with van der Waals surface area (Å²) >= 11 is 0. The number of rotatable bonds is 9. The van der Waals surface area contributed by atoms with Crippen LogP contribution in [0.3, 0.4) is 0 Å². The van der Waals surface area contributed by atoms with Crippen LogP contribution in [0, 0.1) is 0 Å². The molecule has 1 unspecified atom stereocenters. The predicted molar refractivity (Wildman–Crippen MR) is 84.6 cm³/mol. The summed E-state index contributed by atoms with van der Waals surface area (Å²) in [6.07, 6.45) is 4.89. The van der Waals surface area contributed by atoms with Gasteiger partial charge in [0.2, 0.25) is 0 Å². The van der Waals surface area contributed by atoms with Gasteiger partial charge in [0.25, 0.3) is 0 Å². The number of aromatic amines is 1. The van der Waals surface area contributed by atoms with E-state index in [4.69, 9.17) is 9.47 Å². The lowest BCUT2D eigenvalue weighted by Crippen LogP contribution is -2.35. The maximum atomic E-state index is 11.5. The number of nitrogens with one attached hydrogen (secondary N) is 3. The highest BCUT2D eigenvalue weighted by Crippen LogP contribution is 2.06. The maximum absolute atomic E-state index is 11.5. The number of aromatic nitrogens is 2. The van der Waals surface area contributed by atoms with Gasteiger partial charge in [-0.3, -0.25) is 0 Å². The first-order chi connectivity index (χ1) is 10.4. The second kappa shape index (κ2) is 9.42. The van der Waals surface area contributed by atoms with Gasteiger partial charge in [0, 0.05) is 32.1 Å². The monoisotopic (exact) mass is 312 g/mol. The quantitative estimate of drug-likeness (QED) is 0.605. The zero-order valence-corrected chi connectivity index (χ0v) is 13.9. The van der Waals surface area contributed by atoms with Crippen molar-refractivity contribution in [1.29, 1.82) is 0 Å². The van der Waals surface area contributed by atoms with Gasteiger partial charge >= 0.3 is 6.09 Å². The molecule has 0 radical (unpaired) electrons. The summed E-state index contributed by atoms with van der Waals surface area (Å²) in [6.45, 7) is 7.41. The topological polar surface area (TPSA) is 88.3 Å². The number of alkyl carbamates (subject to hydrolysis) is 1. The molecule has 126 valence electrons. The fraction of sp³-hybridized carbons (Fsp3) is 0.733. The molecule has 22 heavy (non-hydrogen) atoms. The third-order valence-electron chi connectivity index (χ3n) is 2.88. The Morgan fingerprint density at radius 3 is 2.82 bits per heavy atom. The molecule has 1 aromatic heterocycles. The van der Waals surface area contributed by atoms with Crippen molar-refractivity contribution in [2.24, 2.45) is 0 Å². The molecular weight excluding hydrogens is 284 g/mol. The minimum Gasteiger partial charge on any atom is -0.444 e. The molecule has 1 rings (SSSR count). The summed E-state index contributed by atoms with van der Waals surface area (Å²) in [4.78, 5) is 18.7. The first kappa shape index (κ1) is 18.4. The normalized spacial score (nSPS) is 12.9. The molecular formula is C15H28N4O3. The van der Waals surface area contributed by atoms with E-state index in [2.05, 4.69) is 20.6 Å². The summed E-state index contributed by atoms with van der Waals surface area (Å²) in [7, 11) is 1.68. The van der Waals surface area contributed by atoms with Crippen molar-refractivity contribution in [3.05, 3.63) is 18.2 Å². The summed E-state index contributed by atoms with van der Waals surface area (Å²) in [6, 6.07) is 0.218. The van der Waals surface area contributed by atoms with E-state index in [1.54, 1.807) is 19.5 Å². The number of hydrogen-bond acceptors (Lipinski definition) is 5. The molecule has 0 fully saturated rings. The van der Waals surface area contributed by atoms with Crippen LogP contribution < -0.4 is 10.6 Å². The van der Waals surface area contributed by atoms with E-state index in [1.807, 2.05) is 20.8 Å². The molecule has 0 aliphatic rings. The molecule has 0 saturated heterocycles. The number of hydrogen-bond donors (Lipinski definition) is 3. The second-order valence-corrected chi connectivity index (χ2v) is 6.14. The molecule has 1 heterocycles. The van der Waals surface area contributed by atoms with E-state index in [9.17, 15) is 4.79 Å². The number of ether oxygens (including phenoxy) is 2. The zero-order valence-electron chi connectivity index (χ0n) is 13.9. The van der Waals surface area contributed by atoms with Crippen molar-refractivity contribution in [1.82, 2.24) is 20.6 Å². The fourth-order valence-electron chi connectivity index (χ4n) is 1.93. The van der Waals surface area contributed by atoms with Crippen LogP contribution in [0.25, 0.3) is 0 Å². The summed E-state index contributed by atoms with van der Waals surface area (Å²) in [5.41, 5.74) is -0.465. The lowest BCUT2D eigenvalue weighted by atomic mass is 10.1. The van der Waals surface area contributed by atoms with Crippen molar-refractivity contribution in [3.63, 3.8) is 0 Å². The van der Waals surface area contributed by atoms with Crippen molar-refractivity contribution in [3.8, 4) is 0 Å². The van der Waals surface area contributed by atoms with E-state index in [0.717, 1.165) is 18.7 Å². The van der Waals surface area contributed by atoms with Gasteiger partial charge in [-0.05, 0) is 33.6 Å². The summed E-state index contributed by atoms with van der Waals surface area (Å²) in [5, 5.41) is 6.14.